The Morgan fingerprint density at radius 1 is 1.18 bits per heavy atom. The largest absolute Gasteiger partial charge is 0.412 e. The molecule has 0 aromatic heterocycles. The molecule has 1 rings (SSSR count). The zero-order chi connectivity index (χ0) is 6.53. The average molecular weight is 182 g/mol. The number of likely N-dealkylation sites (tertiary alicyclic amines) is 1. The lowest BCUT2D eigenvalue weighted by molar-refractivity contribution is -0.109. The van der Waals surface area contributed by atoms with Gasteiger partial charge in [0.1, 0.15) is 6.29 Å². The molecule has 0 aromatic carbocycles. The Morgan fingerprint density at radius 2 is 1.73 bits per heavy atom. The van der Waals surface area contributed by atoms with E-state index < -0.39 is 0 Å². The molecule has 1 aliphatic rings. The van der Waals surface area contributed by atoms with Crippen molar-refractivity contribution in [2.45, 2.75) is 19.3 Å². The molecule has 0 bridgehead atoms. The van der Waals surface area contributed by atoms with Crippen molar-refractivity contribution < 1.29 is 10.3 Å². The first-order valence-electron chi connectivity index (χ1n) is 3.59. The first-order valence-corrected chi connectivity index (χ1v) is 3.59. The molecule has 68 valence electrons. The third kappa shape index (κ3) is 5.18. The molecule has 0 aliphatic carbocycles. The van der Waals surface area contributed by atoms with Crippen LogP contribution in [-0.4, -0.2) is 36.3 Å². The van der Waals surface area contributed by atoms with Crippen molar-refractivity contribution in [3.8, 4) is 0 Å². The van der Waals surface area contributed by atoms with E-state index in [1.807, 2.05) is 0 Å². The summed E-state index contributed by atoms with van der Waals surface area (Å²) in [6.07, 6.45) is 4.88. The normalized spacial score (nSPS) is 17.8. The molecule has 1 aliphatic heterocycles. The van der Waals surface area contributed by atoms with E-state index in [0.29, 0.717) is 6.54 Å². The minimum absolute atomic E-state index is 0. The Bertz CT molecular complexity index is 94.4. The predicted octanol–water partition coefficient (Wildman–Crippen LogP) is 0.268. The van der Waals surface area contributed by atoms with Crippen LogP contribution in [0, 0.1) is 0 Å². The van der Waals surface area contributed by atoms with Crippen molar-refractivity contribution in [2.24, 2.45) is 0 Å². The van der Waals surface area contributed by atoms with Crippen LogP contribution in [0.2, 0.25) is 0 Å². The lowest BCUT2D eigenvalue weighted by Gasteiger charge is -2.23. The maximum Gasteiger partial charge on any atom is 0.133 e. The fourth-order valence-corrected chi connectivity index (χ4v) is 1.25. The number of aldehydes is 1. The Balaban J connectivity index is 0. The minimum atomic E-state index is 0. The maximum absolute atomic E-state index is 10.0. The van der Waals surface area contributed by atoms with E-state index in [1.54, 1.807) is 0 Å². The quantitative estimate of drug-likeness (QED) is 0.575. The molecular weight excluding hydrogens is 166 g/mol. The smallest absolute Gasteiger partial charge is 0.133 e. The van der Waals surface area contributed by atoms with Gasteiger partial charge in [-0.15, -0.1) is 12.4 Å². The third-order valence-corrected chi connectivity index (χ3v) is 1.78. The van der Waals surface area contributed by atoms with E-state index in [9.17, 15) is 4.79 Å². The Hall–Kier alpha value is -0.120. The number of hydrogen-bond acceptors (Lipinski definition) is 2. The molecule has 0 radical (unpaired) electrons. The third-order valence-electron chi connectivity index (χ3n) is 1.78. The van der Waals surface area contributed by atoms with Crippen molar-refractivity contribution in [1.29, 1.82) is 0 Å². The van der Waals surface area contributed by atoms with Crippen LogP contribution in [0.4, 0.5) is 0 Å². The molecule has 0 saturated carbocycles. The van der Waals surface area contributed by atoms with E-state index >= 15 is 0 Å². The molecule has 0 unspecified atom stereocenters. The predicted molar refractivity (Wildman–Crippen MR) is 47.2 cm³/mol. The lowest BCUT2D eigenvalue weighted by atomic mass is 10.1. The first-order chi connectivity index (χ1) is 4.43. The molecular formula is C7H16ClNO2. The monoisotopic (exact) mass is 181 g/mol. The highest BCUT2D eigenvalue weighted by Crippen LogP contribution is 2.06. The number of hydrogen-bond donors (Lipinski definition) is 0. The van der Waals surface area contributed by atoms with Gasteiger partial charge in [-0.25, -0.2) is 0 Å². The van der Waals surface area contributed by atoms with Gasteiger partial charge in [0.05, 0.1) is 6.54 Å². The van der Waals surface area contributed by atoms with Gasteiger partial charge >= 0.3 is 0 Å². The van der Waals surface area contributed by atoms with Gasteiger partial charge < -0.3 is 10.3 Å². The highest BCUT2D eigenvalue weighted by molar-refractivity contribution is 5.85. The van der Waals surface area contributed by atoms with Gasteiger partial charge in [0.2, 0.25) is 0 Å². The molecule has 0 spiro atoms. The summed E-state index contributed by atoms with van der Waals surface area (Å²) in [5, 5.41) is 0. The Labute approximate surface area is 73.5 Å². The van der Waals surface area contributed by atoms with Crippen molar-refractivity contribution in [3.05, 3.63) is 0 Å². The van der Waals surface area contributed by atoms with Crippen LogP contribution >= 0.6 is 12.4 Å². The van der Waals surface area contributed by atoms with Gasteiger partial charge in [-0.1, -0.05) is 6.42 Å². The van der Waals surface area contributed by atoms with Gasteiger partial charge in [0.15, 0.2) is 0 Å². The molecule has 11 heavy (non-hydrogen) atoms. The molecule has 1 fully saturated rings. The van der Waals surface area contributed by atoms with Gasteiger partial charge in [0, 0.05) is 0 Å². The molecule has 1 saturated heterocycles. The summed E-state index contributed by atoms with van der Waals surface area (Å²) >= 11 is 0. The molecule has 0 amide bonds. The second-order valence-corrected chi connectivity index (χ2v) is 2.53. The second-order valence-electron chi connectivity index (χ2n) is 2.53. The zero-order valence-corrected chi connectivity index (χ0v) is 7.40. The topological polar surface area (TPSA) is 51.8 Å². The van der Waals surface area contributed by atoms with E-state index in [2.05, 4.69) is 4.90 Å². The number of halogens is 1. The highest BCUT2D eigenvalue weighted by Gasteiger charge is 2.07. The Kier molecular flexibility index (Phi) is 9.77. The van der Waals surface area contributed by atoms with E-state index in [0.717, 1.165) is 19.4 Å². The fourth-order valence-electron chi connectivity index (χ4n) is 1.25. The van der Waals surface area contributed by atoms with Crippen molar-refractivity contribution >= 4 is 18.7 Å². The second kappa shape index (κ2) is 7.98. The molecule has 1 heterocycles. The van der Waals surface area contributed by atoms with Crippen molar-refractivity contribution in [3.63, 3.8) is 0 Å². The van der Waals surface area contributed by atoms with Gasteiger partial charge in [-0.3, -0.25) is 4.90 Å². The highest BCUT2D eigenvalue weighted by atomic mass is 35.5. The van der Waals surface area contributed by atoms with Crippen LogP contribution in [0.5, 0.6) is 0 Å². The summed E-state index contributed by atoms with van der Waals surface area (Å²) in [7, 11) is 0. The first kappa shape index (κ1) is 13.5. The van der Waals surface area contributed by atoms with E-state index in [4.69, 9.17) is 0 Å². The van der Waals surface area contributed by atoms with Crippen LogP contribution in [0.15, 0.2) is 0 Å². The summed E-state index contributed by atoms with van der Waals surface area (Å²) in [5.74, 6) is 0. The average Bonchev–Trinajstić information content (AvgIpc) is 1.91. The molecule has 0 atom stereocenters. The van der Waals surface area contributed by atoms with E-state index in [-0.39, 0.29) is 17.9 Å². The van der Waals surface area contributed by atoms with Gasteiger partial charge in [-0.2, -0.15) is 0 Å². The molecule has 2 N–H and O–H groups in total. The van der Waals surface area contributed by atoms with Gasteiger partial charge in [0.25, 0.3) is 0 Å². The summed E-state index contributed by atoms with van der Waals surface area (Å²) < 4.78 is 0. The van der Waals surface area contributed by atoms with E-state index in [1.165, 1.54) is 19.3 Å². The number of rotatable bonds is 2. The van der Waals surface area contributed by atoms with Crippen LogP contribution < -0.4 is 0 Å². The number of nitrogens with zero attached hydrogens (tertiary/aromatic N) is 1. The molecule has 0 aromatic rings. The fraction of sp³-hybridized carbons (Fsp3) is 0.857. The molecule has 3 nitrogen and oxygen atoms in total. The van der Waals surface area contributed by atoms with Crippen LogP contribution in [0.1, 0.15) is 19.3 Å². The number of carbonyl (C=O) groups excluding carboxylic acids is 1. The van der Waals surface area contributed by atoms with Crippen molar-refractivity contribution in [1.82, 2.24) is 4.90 Å². The van der Waals surface area contributed by atoms with Gasteiger partial charge in [-0.05, 0) is 25.9 Å². The Morgan fingerprint density at radius 3 is 2.18 bits per heavy atom. The summed E-state index contributed by atoms with van der Waals surface area (Å²) in [6, 6.07) is 0. The summed E-state index contributed by atoms with van der Waals surface area (Å²) in [5.41, 5.74) is 0. The van der Waals surface area contributed by atoms with Crippen LogP contribution in [0.3, 0.4) is 0 Å². The zero-order valence-electron chi connectivity index (χ0n) is 6.58. The number of carbonyl (C=O) groups is 1. The minimum Gasteiger partial charge on any atom is -0.412 e. The molecule has 4 heteroatoms. The summed E-state index contributed by atoms with van der Waals surface area (Å²) in [6.45, 7) is 2.89. The summed E-state index contributed by atoms with van der Waals surface area (Å²) in [4.78, 5) is 12.2. The van der Waals surface area contributed by atoms with Crippen LogP contribution in [0.25, 0.3) is 0 Å². The lowest BCUT2D eigenvalue weighted by Crippen LogP contribution is -2.31. The SMILES string of the molecule is Cl.O.O=CCN1CCCCC1. The van der Waals surface area contributed by atoms with Crippen LogP contribution in [-0.2, 0) is 4.79 Å². The van der Waals surface area contributed by atoms with Crippen molar-refractivity contribution in [2.75, 3.05) is 19.6 Å². The standard InChI is InChI=1S/C7H13NO.ClH.H2O/c9-7-6-8-4-2-1-3-5-8;;/h7H,1-6H2;1H;1H2. The maximum atomic E-state index is 10.0. The number of piperidine rings is 1.